The third-order valence-corrected chi connectivity index (χ3v) is 5.16. The molecule has 0 fully saturated rings. The maximum Gasteiger partial charge on any atom is 0.294 e. The van der Waals surface area contributed by atoms with E-state index in [4.69, 9.17) is 4.42 Å². The van der Waals surface area contributed by atoms with Gasteiger partial charge in [0.25, 0.3) is 5.56 Å². The van der Waals surface area contributed by atoms with E-state index in [1.54, 1.807) is 6.20 Å². The van der Waals surface area contributed by atoms with Crippen LogP contribution in [0.15, 0.2) is 75.2 Å². The lowest BCUT2D eigenvalue weighted by Crippen LogP contribution is -2.10. The van der Waals surface area contributed by atoms with E-state index in [0.29, 0.717) is 22.7 Å². The van der Waals surface area contributed by atoms with Gasteiger partial charge in [-0.05, 0) is 17.7 Å². The second-order valence-electron chi connectivity index (χ2n) is 6.05. The monoisotopic (exact) mass is 374 g/mol. The number of nitrogens with zero attached hydrogens (tertiary/aromatic N) is 2. The fourth-order valence-corrected chi connectivity index (χ4v) is 3.71. The summed E-state index contributed by atoms with van der Waals surface area (Å²) in [7, 11) is 0. The summed E-state index contributed by atoms with van der Waals surface area (Å²) in [5.74, 6) is 1.08. The van der Waals surface area contributed by atoms with Gasteiger partial charge in [0.15, 0.2) is 5.16 Å². The minimum absolute atomic E-state index is 0.259. The summed E-state index contributed by atoms with van der Waals surface area (Å²) in [5.41, 5.74) is 3.28. The smallest absolute Gasteiger partial charge is 0.294 e. The van der Waals surface area contributed by atoms with Crippen molar-refractivity contribution in [1.29, 1.82) is 0 Å². The number of fused-ring (bicyclic) bond motifs is 3. The molecule has 0 radical (unpaired) electrons. The van der Waals surface area contributed by atoms with E-state index >= 15 is 0 Å². The van der Waals surface area contributed by atoms with Crippen LogP contribution < -0.4 is 5.56 Å². The summed E-state index contributed by atoms with van der Waals surface area (Å²) in [5, 5.41) is 1.61. The van der Waals surface area contributed by atoms with Crippen LogP contribution in [-0.2, 0) is 5.75 Å². The zero-order valence-electron chi connectivity index (χ0n) is 14.1. The van der Waals surface area contributed by atoms with Crippen LogP contribution in [0, 0.1) is 0 Å². The quantitative estimate of drug-likeness (QED) is 0.457. The highest BCUT2D eigenvalue weighted by Gasteiger charge is 2.13. The zero-order chi connectivity index (χ0) is 18.2. The molecular weight excluding hydrogens is 360 g/mol. The van der Waals surface area contributed by atoms with E-state index in [0.717, 1.165) is 21.8 Å². The van der Waals surface area contributed by atoms with E-state index in [2.05, 4.69) is 19.9 Å². The van der Waals surface area contributed by atoms with Crippen molar-refractivity contribution < 1.29 is 4.42 Å². The predicted molar refractivity (Wildman–Crippen MR) is 106 cm³/mol. The van der Waals surface area contributed by atoms with Crippen LogP contribution in [0.1, 0.15) is 5.82 Å². The average Bonchev–Trinajstić information content (AvgIpc) is 3.32. The third-order valence-electron chi connectivity index (χ3n) is 4.26. The predicted octanol–water partition coefficient (Wildman–Crippen LogP) is 4.35. The van der Waals surface area contributed by atoms with Crippen molar-refractivity contribution >= 4 is 33.8 Å². The lowest BCUT2D eigenvalue weighted by atomic mass is 10.2. The van der Waals surface area contributed by atoms with Crippen LogP contribution in [-0.4, -0.2) is 19.9 Å². The van der Waals surface area contributed by atoms with E-state index in [9.17, 15) is 4.79 Å². The lowest BCUT2D eigenvalue weighted by Gasteiger charge is -1.99. The van der Waals surface area contributed by atoms with Gasteiger partial charge in [0.2, 0.25) is 5.58 Å². The first-order chi connectivity index (χ1) is 13.3. The van der Waals surface area contributed by atoms with Crippen molar-refractivity contribution in [3.63, 3.8) is 0 Å². The Hall–Kier alpha value is -3.32. The Balaban J connectivity index is 1.43. The number of para-hydroxylation sites is 1. The first kappa shape index (κ1) is 15.9. The zero-order valence-corrected chi connectivity index (χ0v) is 14.9. The summed E-state index contributed by atoms with van der Waals surface area (Å²) >= 11 is 1.48. The first-order valence-electron chi connectivity index (χ1n) is 8.41. The largest absolute Gasteiger partial charge is 0.449 e. The molecule has 6 nitrogen and oxygen atoms in total. The van der Waals surface area contributed by atoms with Gasteiger partial charge < -0.3 is 14.4 Å². The van der Waals surface area contributed by atoms with E-state index < -0.39 is 0 Å². The van der Waals surface area contributed by atoms with Gasteiger partial charge in [0.1, 0.15) is 16.9 Å². The van der Waals surface area contributed by atoms with Crippen LogP contribution in [0.3, 0.4) is 0 Å². The minimum Gasteiger partial charge on any atom is -0.449 e. The molecule has 0 bridgehead atoms. The van der Waals surface area contributed by atoms with Gasteiger partial charge in [-0.2, -0.15) is 0 Å². The topological polar surface area (TPSA) is 87.6 Å². The van der Waals surface area contributed by atoms with Gasteiger partial charge in [-0.15, -0.1) is 0 Å². The summed E-state index contributed by atoms with van der Waals surface area (Å²) in [6.45, 7) is 0. The number of H-pyrrole nitrogens is 2. The summed E-state index contributed by atoms with van der Waals surface area (Å²) < 4.78 is 5.62. The summed E-state index contributed by atoms with van der Waals surface area (Å²) in [6, 6.07) is 17.5. The molecular formula is C20H14N4O2S. The maximum absolute atomic E-state index is 12.3. The highest BCUT2D eigenvalue weighted by Crippen LogP contribution is 2.26. The Morgan fingerprint density at radius 3 is 2.70 bits per heavy atom. The second-order valence-corrected chi connectivity index (χ2v) is 7.01. The highest BCUT2D eigenvalue weighted by atomic mass is 32.2. The molecule has 5 rings (SSSR count). The molecule has 2 aromatic carbocycles. The Bertz CT molecular complexity index is 1300. The molecule has 0 saturated heterocycles. The van der Waals surface area contributed by atoms with Crippen molar-refractivity contribution in [2.45, 2.75) is 10.9 Å². The SMILES string of the molecule is O=c1[nH]c(CSc2ncc(-c3ccccc3)[nH]2)nc2c1oc1ccccc12. The molecule has 0 spiro atoms. The van der Waals surface area contributed by atoms with Gasteiger partial charge in [-0.1, -0.05) is 54.2 Å². The van der Waals surface area contributed by atoms with Gasteiger partial charge >= 0.3 is 0 Å². The van der Waals surface area contributed by atoms with E-state index in [1.807, 2.05) is 54.6 Å². The number of rotatable bonds is 4. The maximum atomic E-state index is 12.3. The fourth-order valence-electron chi connectivity index (χ4n) is 2.99. The molecule has 0 aliphatic rings. The molecule has 0 amide bonds. The van der Waals surface area contributed by atoms with Crippen molar-refractivity contribution in [2.24, 2.45) is 0 Å². The van der Waals surface area contributed by atoms with Gasteiger partial charge in [0, 0.05) is 5.39 Å². The molecule has 0 aliphatic heterocycles. The van der Waals surface area contributed by atoms with Crippen molar-refractivity contribution in [2.75, 3.05) is 0 Å². The Labute approximate surface area is 157 Å². The number of nitrogens with one attached hydrogen (secondary N) is 2. The van der Waals surface area contributed by atoms with E-state index in [-0.39, 0.29) is 11.1 Å². The number of aromatic nitrogens is 4. The molecule has 0 saturated carbocycles. The van der Waals surface area contributed by atoms with Crippen LogP contribution in [0.5, 0.6) is 0 Å². The normalized spacial score (nSPS) is 11.4. The Morgan fingerprint density at radius 1 is 1.00 bits per heavy atom. The van der Waals surface area contributed by atoms with Crippen LogP contribution in [0.4, 0.5) is 0 Å². The van der Waals surface area contributed by atoms with Gasteiger partial charge in [-0.25, -0.2) is 9.97 Å². The second kappa shape index (κ2) is 6.44. The third kappa shape index (κ3) is 2.92. The Morgan fingerprint density at radius 2 is 1.81 bits per heavy atom. The molecule has 132 valence electrons. The van der Waals surface area contributed by atoms with E-state index in [1.165, 1.54) is 11.8 Å². The number of imidazole rings is 1. The first-order valence-corrected chi connectivity index (χ1v) is 9.40. The summed E-state index contributed by atoms with van der Waals surface area (Å²) in [4.78, 5) is 27.4. The molecule has 0 atom stereocenters. The number of benzene rings is 2. The van der Waals surface area contributed by atoms with Crippen LogP contribution >= 0.6 is 11.8 Å². The molecule has 27 heavy (non-hydrogen) atoms. The molecule has 3 heterocycles. The van der Waals surface area contributed by atoms with Gasteiger partial charge in [0.05, 0.1) is 17.6 Å². The number of aromatic amines is 2. The molecule has 0 aliphatic carbocycles. The number of hydrogen-bond acceptors (Lipinski definition) is 5. The molecule has 2 N–H and O–H groups in total. The average molecular weight is 374 g/mol. The number of hydrogen-bond donors (Lipinski definition) is 2. The molecule has 3 aromatic heterocycles. The van der Waals surface area contributed by atoms with Crippen LogP contribution in [0.25, 0.3) is 33.3 Å². The van der Waals surface area contributed by atoms with Crippen molar-refractivity contribution in [3.8, 4) is 11.3 Å². The fraction of sp³-hybridized carbons (Fsp3) is 0.0500. The minimum atomic E-state index is -0.267. The van der Waals surface area contributed by atoms with Gasteiger partial charge in [-0.3, -0.25) is 4.79 Å². The highest BCUT2D eigenvalue weighted by molar-refractivity contribution is 7.98. The van der Waals surface area contributed by atoms with Crippen LogP contribution in [0.2, 0.25) is 0 Å². The standard InChI is InChI=1S/C20H14N4O2S/c25-19-18-17(13-8-4-5-9-15(13)26-18)23-16(24-19)11-27-20-21-10-14(22-20)12-6-2-1-3-7-12/h1-10H,11H2,(H,21,22)(H,23,24,25). The molecule has 5 aromatic rings. The molecule has 7 heteroatoms. The summed E-state index contributed by atoms with van der Waals surface area (Å²) in [6.07, 6.45) is 1.81. The van der Waals surface area contributed by atoms with Crippen molar-refractivity contribution in [1.82, 2.24) is 19.9 Å². The number of furan rings is 1. The lowest BCUT2D eigenvalue weighted by molar-refractivity contribution is 0.660. The molecule has 0 unspecified atom stereocenters. The number of thioether (sulfide) groups is 1. The Kier molecular flexibility index (Phi) is 3.79. The van der Waals surface area contributed by atoms with Crippen molar-refractivity contribution in [3.05, 3.63) is 77.0 Å².